The van der Waals surface area contributed by atoms with E-state index in [-0.39, 0.29) is 0 Å². The van der Waals surface area contributed by atoms with E-state index in [2.05, 4.69) is 46.5 Å². The quantitative estimate of drug-likeness (QED) is 0.851. The van der Waals surface area contributed by atoms with E-state index < -0.39 is 0 Å². The van der Waals surface area contributed by atoms with Gasteiger partial charge in [0.15, 0.2) is 0 Å². The Morgan fingerprint density at radius 1 is 1.18 bits per heavy atom. The lowest BCUT2D eigenvalue weighted by molar-refractivity contribution is 0.439. The van der Waals surface area contributed by atoms with Gasteiger partial charge in [0.2, 0.25) is 0 Å². The molecule has 17 heavy (non-hydrogen) atoms. The lowest BCUT2D eigenvalue weighted by atomic mass is 9.94. The highest BCUT2D eigenvalue weighted by Crippen LogP contribution is 2.27. The molecule has 1 aromatic heterocycles. The molecular weight excluding hydrogens is 210 g/mol. The summed E-state index contributed by atoms with van der Waals surface area (Å²) in [4.78, 5) is 9.01. The average Bonchev–Trinajstić information content (AvgIpc) is 2.27. The smallest absolute Gasteiger partial charge is 0.0921 e. The molecule has 1 aromatic carbocycles. The summed E-state index contributed by atoms with van der Waals surface area (Å²) in [5.74, 6) is 0.513. The van der Waals surface area contributed by atoms with Crippen LogP contribution in [0.15, 0.2) is 36.7 Å². The number of nitrogens with zero attached hydrogens (tertiary/aromatic N) is 2. The number of hydrogen-bond acceptors (Lipinski definition) is 3. The molecule has 0 atom stereocenters. The van der Waals surface area contributed by atoms with Gasteiger partial charge in [0.05, 0.1) is 11.4 Å². The first-order valence-corrected chi connectivity index (χ1v) is 5.93. The van der Waals surface area contributed by atoms with Gasteiger partial charge >= 0.3 is 0 Å². The standard InChI is InChI=1S/C14H15N3/c1-10-3-2-4-11(7-10)13-14(12-8-15-9-12)17-6-5-16-13/h2-7,12,15H,8-9H2,1H3. The molecule has 1 aliphatic rings. The molecule has 0 bridgehead atoms. The van der Waals surface area contributed by atoms with E-state index in [9.17, 15) is 0 Å². The minimum Gasteiger partial charge on any atom is -0.315 e. The lowest BCUT2D eigenvalue weighted by Gasteiger charge is -2.27. The van der Waals surface area contributed by atoms with Crippen LogP contribution in [0.25, 0.3) is 11.3 Å². The van der Waals surface area contributed by atoms with E-state index in [4.69, 9.17) is 0 Å². The second kappa shape index (κ2) is 4.26. The van der Waals surface area contributed by atoms with Crippen molar-refractivity contribution in [1.29, 1.82) is 0 Å². The largest absolute Gasteiger partial charge is 0.315 e. The van der Waals surface area contributed by atoms with Crippen molar-refractivity contribution in [1.82, 2.24) is 15.3 Å². The fourth-order valence-corrected chi connectivity index (χ4v) is 2.14. The normalized spacial score (nSPS) is 15.6. The summed E-state index contributed by atoms with van der Waals surface area (Å²) in [5, 5.41) is 3.28. The zero-order chi connectivity index (χ0) is 11.7. The fourth-order valence-electron chi connectivity index (χ4n) is 2.14. The highest BCUT2D eigenvalue weighted by atomic mass is 15.0. The van der Waals surface area contributed by atoms with Gasteiger partial charge in [-0.05, 0) is 13.0 Å². The van der Waals surface area contributed by atoms with Gasteiger partial charge in [-0.2, -0.15) is 0 Å². The molecule has 3 nitrogen and oxygen atoms in total. The molecule has 2 aromatic rings. The number of aryl methyl sites for hydroxylation is 1. The molecule has 0 amide bonds. The first kappa shape index (κ1) is 10.4. The highest BCUT2D eigenvalue weighted by Gasteiger charge is 2.24. The van der Waals surface area contributed by atoms with E-state index in [1.54, 1.807) is 12.4 Å². The van der Waals surface area contributed by atoms with E-state index in [1.165, 1.54) is 11.1 Å². The SMILES string of the molecule is Cc1cccc(-c2nccnc2C2CNC2)c1. The topological polar surface area (TPSA) is 37.8 Å². The van der Waals surface area contributed by atoms with Crippen molar-refractivity contribution in [3.05, 3.63) is 47.9 Å². The Hall–Kier alpha value is -1.74. The maximum Gasteiger partial charge on any atom is 0.0921 e. The van der Waals surface area contributed by atoms with Crippen LogP contribution in [0.2, 0.25) is 0 Å². The van der Waals surface area contributed by atoms with Gasteiger partial charge in [0, 0.05) is 37.0 Å². The second-order valence-corrected chi connectivity index (χ2v) is 4.51. The second-order valence-electron chi connectivity index (χ2n) is 4.51. The third-order valence-electron chi connectivity index (χ3n) is 3.19. The Morgan fingerprint density at radius 3 is 2.71 bits per heavy atom. The molecule has 0 radical (unpaired) electrons. The molecule has 3 rings (SSSR count). The lowest BCUT2D eigenvalue weighted by Crippen LogP contribution is -2.40. The maximum atomic E-state index is 4.50. The van der Waals surface area contributed by atoms with Gasteiger partial charge in [-0.15, -0.1) is 0 Å². The molecule has 0 spiro atoms. The summed E-state index contributed by atoms with van der Waals surface area (Å²) in [6.45, 7) is 4.12. The first-order chi connectivity index (χ1) is 8.34. The summed E-state index contributed by atoms with van der Waals surface area (Å²) in [7, 11) is 0. The highest BCUT2D eigenvalue weighted by molar-refractivity contribution is 5.63. The van der Waals surface area contributed by atoms with Gasteiger partial charge in [-0.1, -0.05) is 23.8 Å². The maximum absolute atomic E-state index is 4.50. The van der Waals surface area contributed by atoms with Crippen LogP contribution in [0.1, 0.15) is 17.2 Å². The molecule has 2 heterocycles. The molecule has 1 saturated heterocycles. The van der Waals surface area contributed by atoms with E-state index in [0.717, 1.165) is 24.5 Å². The number of benzene rings is 1. The zero-order valence-electron chi connectivity index (χ0n) is 9.85. The Balaban J connectivity index is 2.07. The van der Waals surface area contributed by atoms with Gasteiger partial charge in [0.25, 0.3) is 0 Å². The molecule has 0 unspecified atom stereocenters. The van der Waals surface area contributed by atoms with E-state index in [0.29, 0.717) is 5.92 Å². The van der Waals surface area contributed by atoms with Crippen molar-refractivity contribution in [2.24, 2.45) is 0 Å². The van der Waals surface area contributed by atoms with Crippen molar-refractivity contribution in [2.45, 2.75) is 12.8 Å². The minimum absolute atomic E-state index is 0.513. The monoisotopic (exact) mass is 225 g/mol. The Bertz CT molecular complexity index is 532. The van der Waals surface area contributed by atoms with Crippen LogP contribution in [0.5, 0.6) is 0 Å². The number of aromatic nitrogens is 2. The number of nitrogens with one attached hydrogen (secondary N) is 1. The molecule has 0 saturated carbocycles. The summed E-state index contributed by atoms with van der Waals surface area (Å²) in [6, 6.07) is 8.44. The Morgan fingerprint density at radius 2 is 2.00 bits per heavy atom. The van der Waals surface area contributed by atoms with Crippen molar-refractivity contribution >= 4 is 0 Å². The summed E-state index contributed by atoms with van der Waals surface area (Å²) in [6.07, 6.45) is 3.56. The minimum atomic E-state index is 0.513. The van der Waals surface area contributed by atoms with Gasteiger partial charge in [-0.25, -0.2) is 0 Å². The fraction of sp³-hybridized carbons (Fsp3) is 0.286. The Kier molecular flexibility index (Phi) is 2.61. The zero-order valence-corrected chi connectivity index (χ0v) is 9.85. The van der Waals surface area contributed by atoms with Gasteiger partial charge in [-0.3, -0.25) is 9.97 Å². The van der Waals surface area contributed by atoms with Crippen molar-refractivity contribution in [2.75, 3.05) is 13.1 Å². The predicted octanol–water partition coefficient (Wildman–Crippen LogP) is 2.14. The van der Waals surface area contributed by atoms with Crippen LogP contribution in [-0.2, 0) is 0 Å². The van der Waals surface area contributed by atoms with Crippen LogP contribution < -0.4 is 5.32 Å². The third kappa shape index (κ3) is 1.94. The van der Waals surface area contributed by atoms with E-state index >= 15 is 0 Å². The van der Waals surface area contributed by atoms with E-state index in [1.807, 2.05) is 0 Å². The average molecular weight is 225 g/mol. The molecule has 0 aliphatic carbocycles. The molecule has 3 heteroatoms. The summed E-state index contributed by atoms with van der Waals surface area (Å²) >= 11 is 0. The van der Waals surface area contributed by atoms with Crippen LogP contribution in [-0.4, -0.2) is 23.1 Å². The van der Waals surface area contributed by atoms with Crippen molar-refractivity contribution in [3.8, 4) is 11.3 Å². The molecule has 1 fully saturated rings. The van der Waals surface area contributed by atoms with Crippen LogP contribution in [0.3, 0.4) is 0 Å². The summed E-state index contributed by atoms with van der Waals surface area (Å²) in [5.41, 5.74) is 4.57. The third-order valence-corrected chi connectivity index (χ3v) is 3.19. The summed E-state index contributed by atoms with van der Waals surface area (Å²) < 4.78 is 0. The van der Waals surface area contributed by atoms with Crippen molar-refractivity contribution in [3.63, 3.8) is 0 Å². The molecular formula is C14H15N3. The van der Waals surface area contributed by atoms with Crippen LogP contribution in [0, 0.1) is 6.92 Å². The van der Waals surface area contributed by atoms with Crippen LogP contribution in [0.4, 0.5) is 0 Å². The number of rotatable bonds is 2. The molecule has 1 aliphatic heterocycles. The van der Waals surface area contributed by atoms with Gasteiger partial charge < -0.3 is 5.32 Å². The number of hydrogen-bond donors (Lipinski definition) is 1. The predicted molar refractivity (Wildman–Crippen MR) is 67.8 cm³/mol. The van der Waals surface area contributed by atoms with Gasteiger partial charge in [0.1, 0.15) is 0 Å². The molecule has 1 N–H and O–H groups in total. The van der Waals surface area contributed by atoms with Crippen LogP contribution >= 0.6 is 0 Å². The van der Waals surface area contributed by atoms with Crippen molar-refractivity contribution < 1.29 is 0 Å². The molecule has 86 valence electrons. The first-order valence-electron chi connectivity index (χ1n) is 5.93. The Labute approximate surface area is 101 Å².